The van der Waals surface area contributed by atoms with Crippen LogP contribution >= 0.6 is 24.8 Å². The van der Waals surface area contributed by atoms with Gasteiger partial charge in [0.25, 0.3) is 0 Å². The molecule has 0 aromatic rings. The predicted molar refractivity (Wildman–Crippen MR) is 87.7 cm³/mol. The second-order valence-electron chi connectivity index (χ2n) is 5.74. The number of carbonyl (C=O) groups is 1. The first-order chi connectivity index (χ1) is 8.76. The molecular weight excluding hydrogens is 297 g/mol. The molecule has 120 valence electrons. The van der Waals surface area contributed by atoms with Gasteiger partial charge in [-0.2, -0.15) is 0 Å². The van der Waals surface area contributed by atoms with Crippen molar-refractivity contribution in [2.75, 3.05) is 19.6 Å². The van der Waals surface area contributed by atoms with Gasteiger partial charge in [-0.15, -0.1) is 24.8 Å². The van der Waals surface area contributed by atoms with Gasteiger partial charge in [-0.25, -0.2) is 0 Å². The van der Waals surface area contributed by atoms with Crippen LogP contribution < -0.4 is 11.1 Å². The summed E-state index contributed by atoms with van der Waals surface area (Å²) in [5.74, 6) is 0.737. The molecular formula is C14H29Cl2N3O. The lowest BCUT2D eigenvalue weighted by atomic mass is 10.0. The summed E-state index contributed by atoms with van der Waals surface area (Å²) in [6.07, 6.45) is 6.78. The first-order valence-corrected chi connectivity index (χ1v) is 7.50. The fourth-order valence-corrected chi connectivity index (χ4v) is 3.47. The second-order valence-corrected chi connectivity index (χ2v) is 5.74. The summed E-state index contributed by atoms with van der Waals surface area (Å²) >= 11 is 0. The number of nitrogens with zero attached hydrogens (tertiary/aromatic N) is 1. The number of amides is 1. The van der Waals surface area contributed by atoms with Crippen LogP contribution in [0.15, 0.2) is 0 Å². The van der Waals surface area contributed by atoms with Crippen molar-refractivity contribution in [1.29, 1.82) is 0 Å². The highest BCUT2D eigenvalue weighted by Crippen LogP contribution is 2.25. The van der Waals surface area contributed by atoms with Crippen molar-refractivity contribution in [2.24, 2.45) is 11.7 Å². The maximum atomic E-state index is 12.4. The molecule has 2 fully saturated rings. The summed E-state index contributed by atoms with van der Waals surface area (Å²) < 4.78 is 0. The fraction of sp³-hybridized carbons (Fsp3) is 0.929. The van der Waals surface area contributed by atoms with Gasteiger partial charge in [-0.1, -0.05) is 13.3 Å². The minimum absolute atomic E-state index is 0. The van der Waals surface area contributed by atoms with Crippen LogP contribution in [0.2, 0.25) is 0 Å². The number of hydrogen-bond donors (Lipinski definition) is 2. The average Bonchev–Trinajstić information content (AvgIpc) is 2.98. The second kappa shape index (κ2) is 9.82. The van der Waals surface area contributed by atoms with E-state index in [1.165, 1.54) is 12.8 Å². The van der Waals surface area contributed by atoms with Gasteiger partial charge in [0.05, 0.1) is 6.04 Å². The zero-order valence-electron chi connectivity index (χ0n) is 12.3. The molecule has 20 heavy (non-hydrogen) atoms. The minimum Gasteiger partial charge on any atom is -0.352 e. The van der Waals surface area contributed by atoms with Crippen LogP contribution in [0.1, 0.15) is 45.4 Å². The molecule has 1 saturated carbocycles. The van der Waals surface area contributed by atoms with E-state index < -0.39 is 0 Å². The predicted octanol–water partition coefficient (Wildman–Crippen LogP) is 1.95. The summed E-state index contributed by atoms with van der Waals surface area (Å²) in [6, 6.07) is 0.440. The van der Waals surface area contributed by atoms with Gasteiger partial charge in [0.15, 0.2) is 0 Å². The van der Waals surface area contributed by atoms with Crippen molar-refractivity contribution >= 4 is 30.7 Å². The smallest absolute Gasteiger partial charge is 0.237 e. The van der Waals surface area contributed by atoms with E-state index in [1.807, 2.05) is 0 Å². The maximum absolute atomic E-state index is 12.4. The molecule has 1 heterocycles. The number of nitrogens with two attached hydrogens (primary N) is 1. The zero-order chi connectivity index (χ0) is 13.0. The minimum atomic E-state index is 0. The lowest BCUT2D eigenvalue weighted by Gasteiger charge is -2.26. The molecule has 0 aromatic carbocycles. The molecule has 0 bridgehead atoms. The first kappa shape index (κ1) is 20.0. The van der Waals surface area contributed by atoms with Gasteiger partial charge in [0.2, 0.25) is 5.91 Å². The monoisotopic (exact) mass is 325 g/mol. The third-order valence-electron chi connectivity index (χ3n) is 4.47. The lowest BCUT2D eigenvalue weighted by molar-refractivity contribution is -0.126. The topological polar surface area (TPSA) is 58.4 Å². The molecule has 2 rings (SSSR count). The van der Waals surface area contributed by atoms with Crippen molar-refractivity contribution in [1.82, 2.24) is 10.2 Å². The van der Waals surface area contributed by atoms with Crippen LogP contribution in [-0.4, -0.2) is 42.5 Å². The highest BCUT2D eigenvalue weighted by molar-refractivity contribution is 5.85. The van der Waals surface area contributed by atoms with Gasteiger partial charge in [-0.3, -0.25) is 9.69 Å². The molecule has 1 amide bonds. The third-order valence-corrected chi connectivity index (χ3v) is 4.47. The van der Waals surface area contributed by atoms with E-state index in [2.05, 4.69) is 17.1 Å². The molecule has 0 spiro atoms. The Balaban J connectivity index is 0.00000180. The standard InChI is InChI=1S/C14H27N3O.2ClH/c1-2-8-17-9-4-7-13(17)14(18)16-12-6-3-5-11(12)10-15;;/h11-13H,2-10,15H2,1H3,(H,16,18);2*1H. The number of halogens is 2. The van der Waals surface area contributed by atoms with E-state index >= 15 is 0 Å². The number of nitrogens with one attached hydrogen (secondary N) is 1. The van der Waals surface area contributed by atoms with E-state index in [4.69, 9.17) is 5.73 Å². The van der Waals surface area contributed by atoms with Gasteiger partial charge in [0, 0.05) is 6.04 Å². The molecule has 2 aliphatic rings. The third kappa shape index (κ3) is 4.76. The van der Waals surface area contributed by atoms with Crippen molar-refractivity contribution in [3.8, 4) is 0 Å². The number of hydrogen-bond acceptors (Lipinski definition) is 3. The zero-order valence-corrected chi connectivity index (χ0v) is 14.0. The Hall–Kier alpha value is -0.0300. The Bertz CT molecular complexity index is 292. The van der Waals surface area contributed by atoms with E-state index in [1.54, 1.807) is 0 Å². The number of carbonyl (C=O) groups excluding carboxylic acids is 1. The van der Waals surface area contributed by atoms with Crippen LogP contribution in [-0.2, 0) is 4.79 Å². The van der Waals surface area contributed by atoms with Gasteiger partial charge in [-0.05, 0) is 57.7 Å². The van der Waals surface area contributed by atoms with Gasteiger partial charge < -0.3 is 11.1 Å². The normalized spacial score (nSPS) is 29.6. The van der Waals surface area contributed by atoms with Crippen molar-refractivity contribution in [3.05, 3.63) is 0 Å². The number of rotatable bonds is 5. The van der Waals surface area contributed by atoms with Gasteiger partial charge >= 0.3 is 0 Å². The molecule has 0 radical (unpaired) electrons. The molecule has 3 unspecified atom stereocenters. The molecule has 0 aromatic heterocycles. The summed E-state index contributed by atoms with van der Waals surface area (Å²) in [6.45, 7) is 5.00. The first-order valence-electron chi connectivity index (χ1n) is 7.50. The van der Waals surface area contributed by atoms with Crippen molar-refractivity contribution in [3.63, 3.8) is 0 Å². The largest absolute Gasteiger partial charge is 0.352 e. The van der Waals surface area contributed by atoms with Crippen LogP contribution in [0.25, 0.3) is 0 Å². The lowest BCUT2D eigenvalue weighted by Crippen LogP contribution is -2.48. The Morgan fingerprint density at radius 2 is 2.00 bits per heavy atom. The Morgan fingerprint density at radius 3 is 2.65 bits per heavy atom. The highest BCUT2D eigenvalue weighted by Gasteiger charge is 2.33. The molecule has 3 atom stereocenters. The molecule has 1 saturated heterocycles. The molecule has 3 N–H and O–H groups in total. The summed E-state index contributed by atoms with van der Waals surface area (Å²) in [5, 5.41) is 3.25. The molecule has 4 nitrogen and oxygen atoms in total. The van der Waals surface area contributed by atoms with E-state index in [0.29, 0.717) is 18.5 Å². The van der Waals surface area contributed by atoms with Crippen molar-refractivity contribution < 1.29 is 4.79 Å². The van der Waals surface area contributed by atoms with Crippen LogP contribution in [0.5, 0.6) is 0 Å². The van der Waals surface area contributed by atoms with E-state index in [0.717, 1.165) is 38.8 Å². The Labute approximate surface area is 135 Å². The van der Waals surface area contributed by atoms with Crippen LogP contribution in [0, 0.1) is 5.92 Å². The molecule has 1 aliphatic heterocycles. The average molecular weight is 326 g/mol. The van der Waals surface area contributed by atoms with Gasteiger partial charge in [0.1, 0.15) is 0 Å². The summed E-state index contributed by atoms with van der Waals surface area (Å²) in [4.78, 5) is 14.7. The SMILES string of the molecule is CCCN1CCCC1C(=O)NC1CCCC1CN.Cl.Cl. The fourth-order valence-electron chi connectivity index (χ4n) is 3.47. The summed E-state index contributed by atoms with van der Waals surface area (Å²) in [5.41, 5.74) is 5.77. The Kier molecular flexibility index (Phi) is 9.81. The summed E-state index contributed by atoms with van der Waals surface area (Å²) in [7, 11) is 0. The maximum Gasteiger partial charge on any atom is 0.237 e. The molecule has 6 heteroatoms. The quantitative estimate of drug-likeness (QED) is 0.812. The van der Waals surface area contributed by atoms with Crippen molar-refractivity contribution in [2.45, 2.75) is 57.5 Å². The highest BCUT2D eigenvalue weighted by atomic mass is 35.5. The van der Waals surface area contributed by atoms with E-state index in [9.17, 15) is 4.79 Å². The van der Waals surface area contributed by atoms with Crippen LogP contribution in [0.3, 0.4) is 0 Å². The Morgan fingerprint density at radius 1 is 1.25 bits per heavy atom. The number of likely N-dealkylation sites (tertiary alicyclic amines) is 1. The molecule has 1 aliphatic carbocycles. The van der Waals surface area contributed by atoms with Crippen LogP contribution in [0.4, 0.5) is 0 Å². The van der Waals surface area contributed by atoms with E-state index in [-0.39, 0.29) is 36.8 Å².